The molecule has 0 N–H and O–H groups in total. The number of benzene rings is 2. The number of hydrogen-bond acceptors (Lipinski definition) is 3. The molecule has 146 valence electrons. The van der Waals surface area contributed by atoms with Gasteiger partial charge in [0.1, 0.15) is 23.0 Å². The third-order valence-electron chi connectivity index (χ3n) is 5.66. The summed E-state index contributed by atoms with van der Waals surface area (Å²) in [5.41, 5.74) is 1.80. The Hall–Kier alpha value is -2.76. The number of Topliss-reactive ketones (excluding diaryl/α,β-unsaturated/α-hetero) is 1. The normalized spacial score (nSPS) is 18.0. The zero-order valence-electron chi connectivity index (χ0n) is 15.9. The van der Waals surface area contributed by atoms with Crippen LogP contribution in [0.3, 0.4) is 0 Å². The molecule has 4 nitrogen and oxygen atoms in total. The van der Waals surface area contributed by atoms with Crippen molar-refractivity contribution in [2.75, 3.05) is 13.1 Å². The molecule has 1 spiro atoms. The van der Waals surface area contributed by atoms with Gasteiger partial charge < -0.3 is 9.64 Å². The van der Waals surface area contributed by atoms with E-state index in [1.165, 1.54) is 11.0 Å². The smallest absolute Gasteiger partial charge is 0.256 e. The van der Waals surface area contributed by atoms with Gasteiger partial charge in [0.2, 0.25) is 0 Å². The molecule has 2 aromatic rings. The van der Waals surface area contributed by atoms with Gasteiger partial charge in [-0.2, -0.15) is 0 Å². The van der Waals surface area contributed by atoms with E-state index in [1.54, 1.807) is 0 Å². The number of hydrogen-bond donors (Lipinski definition) is 0. The summed E-state index contributed by atoms with van der Waals surface area (Å²) < 4.78 is 33.3. The van der Waals surface area contributed by atoms with Gasteiger partial charge in [0.25, 0.3) is 5.91 Å². The van der Waals surface area contributed by atoms with E-state index in [2.05, 4.69) is 0 Å². The molecule has 0 aliphatic carbocycles. The first-order chi connectivity index (χ1) is 13.3. The Labute approximate surface area is 162 Å². The molecule has 28 heavy (non-hydrogen) atoms. The monoisotopic (exact) mass is 385 g/mol. The van der Waals surface area contributed by atoms with Crippen LogP contribution in [0.4, 0.5) is 8.78 Å². The van der Waals surface area contributed by atoms with Crippen LogP contribution in [0.2, 0.25) is 0 Å². The van der Waals surface area contributed by atoms with Gasteiger partial charge in [-0.25, -0.2) is 8.78 Å². The Morgan fingerprint density at radius 1 is 1.11 bits per heavy atom. The zero-order chi connectivity index (χ0) is 20.1. The van der Waals surface area contributed by atoms with Gasteiger partial charge in [0.15, 0.2) is 5.78 Å². The SMILES string of the molecule is Cc1cc(C)c2c(c1)OC1(CCN(C(=O)c3ccc(F)cc3F)CC1)CC2=O. The number of aryl methyl sites for hydroxylation is 2. The van der Waals surface area contributed by atoms with Crippen LogP contribution in [0.5, 0.6) is 5.75 Å². The van der Waals surface area contributed by atoms with E-state index < -0.39 is 23.1 Å². The van der Waals surface area contributed by atoms with Crippen molar-refractivity contribution in [3.8, 4) is 5.75 Å². The molecule has 6 heteroatoms. The zero-order valence-corrected chi connectivity index (χ0v) is 15.9. The number of piperidine rings is 1. The van der Waals surface area contributed by atoms with Crippen molar-refractivity contribution in [1.82, 2.24) is 4.90 Å². The number of nitrogens with zero attached hydrogens (tertiary/aromatic N) is 1. The molecule has 0 saturated carbocycles. The van der Waals surface area contributed by atoms with Gasteiger partial charge in [-0.15, -0.1) is 0 Å². The first-order valence-electron chi connectivity index (χ1n) is 9.36. The molecule has 2 heterocycles. The van der Waals surface area contributed by atoms with Crippen molar-refractivity contribution in [3.05, 3.63) is 64.2 Å². The van der Waals surface area contributed by atoms with Crippen molar-refractivity contribution >= 4 is 11.7 Å². The molecule has 0 radical (unpaired) electrons. The number of ketones is 1. The Kier molecular flexibility index (Phi) is 4.44. The van der Waals surface area contributed by atoms with E-state index in [0.717, 1.165) is 17.2 Å². The summed E-state index contributed by atoms with van der Waals surface area (Å²) in [6.45, 7) is 4.57. The summed E-state index contributed by atoms with van der Waals surface area (Å²) >= 11 is 0. The molecule has 2 aliphatic rings. The van der Waals surface area contributed by atoms with E-state index in [4.69, 9.17) is 4.74 Å². The van der Waals surface area contributed by atoms with E-state index in [9.17, 15) is 18.4 Å². The van der Waals surface area contributed by atoms with Crippen molar-refractivity contribution in [3.63, 3.8) is 0 Å². The summed E-state index contributed by atoms with van der Waals surface area (Å²) in [4.78, 5) is 26.9. The predicted octanol–water partition coefficient (Wildman–Crippen LogP) is 4.22. The third kappa shape index (κ3) is 3.17. The number of fused-ring (bicyclic) bond motifs is 1. The van der Waals surface area contributed by atoms with Gasteiger partial charge in [-0.3, -0.25) is 9.59 Å². The molecule has 0 atom stereocenters. The minimum atomic E-state index is -0.866. The van der Waals surface area contributed by atoms with Crippen molar-refractivity contribution < 1.29 is 23.1 Å². The van der Waals surface area contributed by atoms with Crippen LogP contribution in [0.1, 0.15) is 51.1 Å². The second kappa shape index (κ2) is 6.69. The van der Waals surface area contributed by atoms with Crippen molar-refractivity contribution in [2.24, 2.45) is 0 Å². The standard InChI is InChI=1S/C22H21F2NO3/c1-13-9-14(2)20-18(26)12-22(28-19(20)10-13)5-7-25(8-6-22)21(27)16-4-3-15(23)11-17(16)24/h3-4,9-11H,5-8,12H2,1-2H3. The maximum absolute atomic E-state index is 13.9. The number of likely N-dealkylation sites (tertiary alicyclic amines) is 1. The first-order valence-corrected chi connectivity index (χ1v) is 9.36. The van der Waals surface area contributed by atoms with Crippen LogP contribution in [0, 0.1) is 25.5 Å². The second-order valence-corrected chi connectivity index (χ2v) is 7.76. The molecule has 0 bridgehead atoms. The van der Waals surface area contributed by atoms with Gasteiger partial charge >= 0.3 is 0 Å². The van der Waals surface area contributed by atoms with Crippen LogP contribution >= 0.6 is 0 Å². The maximum Gasteiger partial charge on any atom is 0.256 e. The minimum Gasteiger partial charge on any atom is -0.486 e. The summed E-state index contributed by atoms with van der Waals surface area (Å²) in [5, 5.41) is 0. The number of halogens is 2. The highest BCUT2D eigenvalue weighted by atomic mass is 19.1. The molecule has 1 saturated heterocycles. The highest BCUT2D eigenvalue weighted by Crippen LogP contribution is 2.41. The quantitative estimate of drug-likeness (QED) is 0.738. The van der Waals surface area contributed by atoms with Gasteiger partial charge in [0.05, 0.1) is 17.5 Å². The van der Waals surface area contributed by atoms with Crippen LogP contribution in [0.25, 0.3) is 0 Å². The van der Waals surface area contributed by atoms with Crippen molar-refractivity contribution in [2.45, 2.75) is 38.7 Å². The van der Waals surface area contributed by atoms with E-state index >= 15 is 0 Å². The van der Waals surface area contributed by atoms with E-state index in [0.29, 0.717) is 43.3 Å². The lowest BCUT2D eigenvalue weighted by molar-refractivity contribution is -0.00589. The van der Waals surface area contributed by atoms with Crippen LogP contribution in [-0.4, -0.2) is 35.3 Å². The second-order valence-electron chi connectivity index (χ2n) is 7.76. The molecule has 2 aromatic carbocycles. The molecule has 1 amide bonds. The fourth-order valence-electron chi connectivity index (χ4n) is 4.25. The average molecular weight is 385 g/mol. The minimum absolute atomic E-state index is 0.0584. The van der Waals surface area contributed by atoms with E-state index in [-0.39, 0.29) is 17.8 Å². The Morgan fingerprint density at radius 2 is 1.82 bits per heavy atom. The Morgan fingerprint density at radius 3 is 2.50 bits per heavy atom. The third-order valence-corrected chi connectivity index (χ3v) is 5.66. The maximum atomic E-state index is 13.9. The number of carbonyl (C=O) groups excluding carboxylic acids is 2. The van der Waals surface area contributed by atoms with Crippen LogP contribution in [-0.2, 0) is 0 Å². The largest absolute Gasteiger partial charge is 0.486 e. The molecule has 4 rings (SSSR count). The molecule has 2 aliphatic heterocycles. The summed E-state index contributed by atoms with van der Waals surface area (Å²) in [6, 6.07) is 6.80. The lowest BCUT2D eigenvalue weighted by Crippen LogP contribution is -2.52. The molecule has 1 fully saturated rings. The molecule has 0 unspecified atom stereocenters. The van der Waals surface area contributed by atoms with Crippen LogP contribution in [0.15, 0.2) is 30.3 Å². The lowest BCUT2D eigenvalue weighted by atomic mass is 9.81. The highest BCUT2D eigenvalue weighted by molar-refractivity contribution is 6.02. The highest BCUT2D eigenvalue weighted by Gasteiger charge is 2.44. The van der Waals surface area contributed by atoms with Crippen molar-refractivity contribution in [1.29, 1.82) is 0 Å². The van der Waals surface area contributed by atoms with E-state index in [1.807, 2.05) is 26.0 Å². The van der Waals surface area contributed by atoms with Crippen LogP contribution < -0.4 is 4.74 Å². The number of amides is 1. The average Bonchev–Trinajstić information content (AvgIpc) is 2.60. The topological polar surface area (TPSA) is 46.6 Å². The van der Waals surface area contributed by atoms with Gasteiger partial charge in [-0.05, 0) is 43.2 Å². The number of rotatable bonds is 1. The predicted molar refractivity (Wildman–Crippen MR) is 99.7 cm³/mol. The molecular formula is C22H21F2NO3. The summed E-state index contributed by atoms with van der Waals surface area (Å²) in [7, 11) is 0. The molecular weight excluding hydrogens is 364 g/mol. The molecule has 0 aromatic heterocycles. The first kappa shape index (κ1) is 18.6. The van der Waals surface area contributed by atoms with Gasteiger partial charge in [0, 0.05) is 32.0 Å². The van der Waals surface area contributed by atoms with Gasteiger partial charge in [-0.1, -0.05) is 6.07 Å². The number of ether oxygens (including phenoxy) is 1. The Bertz CT molecular complexity index is 978. The number of carbonyl (C=O) groups is 2. The fourth-order valence-corrected chi connectivity index (χ4v) is 4.25. The summed E-state index contributed by atoms with van der Waals surface area (Å²) in [6.07, 6.45) is 1.25. The lowest BCUT2D eigenvalue weighted by Gasteiger charge is -2.44. The summed E-state index contributed by atoms with van der Waals surface area (Å²) in [5.74, 6) is -1.39. The fraction of sp³-hybridized carbons (Fsp3) is 0.364. The Balaban J connectivity index is 1.52.